The van der Waals surface area contributed by atoms with Gasteiger partial charge in [0.2, 0.25) is 0 Å². The van der Waals surface area contributed by atoms with Gasteiger partial charge in [-0.3, -0.25) is 19.7 Å². The van der Waals surface area contributed by atoms with E-state index in [2.05, 4.69) is 22.8 Å². The number of rotatable bonds is 10. The van der Waals surface area contributed by atoms with E-state index in [4.69, 9.17) is 14.3 Å². The van der Waals surface area contributed by atoms with Crippen molar-refractivity contribution in [1.29, 1.82) is 0 Å². The minimum atomic E-state index is -0.748. The molecule has 1 unspecified atom stereocenters. The lowest BCUT2D eigenvalue weighted by Crippen LogP contribution is -2.32. The van der Waals surface area contributed by atoms with E-state index in [1.165, 1.54) is 0 Å². The maximum Gasteiger partial charge on any atom is 0.411 e. The van der Waals surface area contributed by atoms with Gasteiger partial charge in [-0.15, -0.1) is 5.06 Å². The summed E-state index contributed by atoms with van der Waals surface area (Å²) in [6.45, 7) is 0.377. The summed E-state index contributed by atoms with van der Waals surface area (Å²) in [6, 6.07) is 6.41. The number of hydrogen-bond acceptors (Lipinski definition) is 8. The van der Waals surface area contributed by atoms with Crippen molar-refractivity contribution in [2.45, 2.75) is 57.5 Å². The van der Waals surface area contributed by atoms with Crippen molar-refractivity contribution in [3.63, 3.8) is 0 Å². The third-order valence-corrected chi connectivity index (χ3v) is 5.57. The van der Waals surface area contributed by atoms with Crippen molar-refractivity contribution in [2.24, 2.45) is 0 Å². The molecule has 194 valence electrons. The lowest BCUT2D eigenvalue weighted by atomic mass is 10.0. The molecular formula is C25H31N3O8. The number of anilines is 1. The number of allylic oxidation sites excluding steroid dienone is 2. The second kappa shape index (κ2) is 14.0. The Morgan fingerprint density at radius 1 is 0.944 bits per heavy atom. The molecule has 0 radical (unpaired) electrons. The van der Waals surface area contributed by atoms with Crippen molar-refractivity contribution >= 4 is 35.5 Å². The highest BCUT2D eigenvalue weighted by atomic mass is 16.7. The van der Waals surface area contributed by atoms with Crippen molar-refractivity contribution < 1.29 is 38.3 Å². The van der Waals surface area contributed by atoms with Gasteiger partial charge >= 0.3 is 12.1 Å². The van der Waals surface area contributed by atoms with Gasteiger partial charge in [0.05, 0.1) is 19.6 Å². The van der Waals surface area contributed by atoms with Gasteiger partial charge in [0.15, 0.2) is 0 Å². The van der Waals surface area contributed by atoms with Crippen LogP contribution in [0.15, 0.2) is 36.4 Å². The van der Waals surface area contributed by atoms with Crippen molar-refractivity contribution in [3.05, 3.63) is 42.0 Å². The van der Waals surface area contributed by atoms with E-state index in [1.807, 2.05) is 0 Å². The molecule has 2 N–H and O–H groups in total. The number of nitrogens with one attached hydrogen (secondary N) is 2. The molecule has 1 aromatic rings. The predicted octanol–water partition coefficient (Wildman–Crippen LogP) is 2.87. The maximum absolute atomic E-state index is 12.3. The van der Waals surface area contributed by atoms with E-state index in [1.54, 1.807) is 24.3 Å². The first-order valence-electron chi connectivity index (χ1n) is 12.1. The number of benzene rings is 1. The smallest absolute Gasteiger partial charge is 0.411 e. The van der Waals surface area contributed by atoms with Gasteiger partial charge in [-0.2, -0.15) is 0 Å². The van der Waals surface area contributed by atoms with Crippen LogP contribution in [0.1, 0.15) is 61.7 Å². The van der Waals surface area contributed by atoms with Crippen LogP contribution in [0.4, 0.5) is 10.5 Å². The minimum Gasteiger partial charge on any atom is -0.446 e. The molecule has 3 rings (SSSR count). The first-order valence-corrected chi connectivity index (χ1v) is 12.1. The van der Waals surface area contributed by atoms with Crippen LogP contribution in [0.25, 0.3) is 0 Å². The van der Waals surface area contributed by atoms with Gasteiger partial charge < -0.3 is 19.6 Å². The summed E-state index contributed by atoms with van der Waals surface area (Å²) < 4.78 is 10.8. The summed E-state index contributed by atoms with van der Waals surface area (Å²) in [5, 5.41) is 5.86. The Morgan fingerprint density at radius 3 is 2.42 bits per heavy atom. The molecule has 2 aliphatic rings. The Morgan fingerprint density at radius 2 is 1.67 bits per heavy atom. The Hall–Kier alpha value is -3.73. The van der Waals surface area contributed by atoms with Crippen LogP contribution in [-0.4, -0.2) is 60.7 Å². The zero-order valence-corrected chi connectivity index (χ0v) is 20.0. The Kier molecular flexibility index (Phi) is 10.4. The summed E-state index contributed by atoms with van der Waals surface area (Å²) in [7, 11) is 0. The SMILES string of the molecule is O=C(CCOCCNC(=O)c1ccc(NC(=O)OC2CC/C=C\CCC2)cc1)ON1C(=O)CCC1=O. The second-order valence-corrected chi connectivity index (χ2v) is 8.37. The molecule has 36 heavy (non-hydrogen) atoms. The first kappa shape index (κ1) is 26.9. The molecule has 4 amide bonds. The van der Waals surface area contributed by atoms with Crippen LogP contribution < -0.4 is 10.6 Å². The highest BCUT2D eigenvalue weighted by Gasteiger charge is 2.32. The average Bonchev–Trinajstić information content (AvgIpc) is 3.15. The molecule has 1 heterocycles. The fourth-order valence-corrected chi connectivity index (χ4v) is 3.65. The fourth-order valence-electron chi connectivity index (χ4n) is 3.65. The highest BCUT2D eigenvalue weighted by Crippen LogP contribution is 2.17. The highest BCUT2D eigenvalue weighted by molar-refractivity contribution is 6.01. The minimum absolute atomic E-state index is 0.0128. The van der Waals surface area contributed by atoms with E-state index in [-0.39, 0.29) is 51.0 Å². The van der Waals surface area contributed by atoms with Gasteiger partial charge in [0.25, 0.3) is 17.7 Å². The standard InChI is InChI=1S/C25H31N3O8/c29-21-12-13-22(30)28(21)36-23(31)14-16-34-17-15-26-24(32)18-8-10-19(11-9-18)27-25(33)35-20-6-4-2-1-3-5-7-20/h1-2,8-11,20H,3-7,12-17H2,(H,26,32)(H,27,33)/b2-1-. The molecule has 1 aliphatic heterocycles. The average molecular weight is 502 g/mol. The number of imide groups is 1. The molecule has 1 atom stereocenters. The van der Waals surface area contributed by atoms with Crippen molar-refractivity contribution in [2.75, 3.05) is 25.1 Å². The second-order valence-electron chi connectivity index (χ2n) is 8.37. The summed E-state index contributed by atoms with van der Waals surface area (Å²) in [4.78, 5) is 63.7. The number of hydroxylamine groups is 2. The number of ether oxygens (including phenoxy) is 2. The largest absolute Gasteiger partial charge is 0.446 e. The normalized spacial score (nSPS) is 18.7. The zero-order valence-electron chi connectivity index (χ0n) is 20.0. The van der Waals surface area contributed by atoms with Crippen LogP contribution >= 0.6 is 0 Å². The van der Waals surface area contributed by atoms with E-state index in [0.29, 0.717) is 16.3 Å². The van der Waals surface area contributed by atoms with E-state index in [9.17, 15) is 24.0 Å². The fraction of sp³-hybridized carbons (Fsp3) is 0.480. The molecule has 11 heteroatoms. The molecule has 1 aliphatic carbocycles. The molecule has 0 saturated carbocycles. The summed E-state index contributed by atoms with van der Waals surface area (Å²) >= 11 is 0. The maximum atomic E-state index is 12.3. The van der Waals surface area contributed by atoms with Crippen LogP contribution in [0.3, 0.4) is 0 Å². The number of carbonyl (C=O) groups is 5. The van der Waals surface area contributed by atoms with Gasteiger partial charge in [-0.05, 0) is 56.4 Å². The lowest BCUT2D eigenvalue weighted by Gasteiger charge is -2.18. The third-order valence-electron chi connectivity index (χ3n) is 5.57. The van der Waals surface area contributed by atoms with Crippen LogP contribution in [0.5, 0.6) is 0 Å². The van der Waals surface area contributed by atoms with Crippen LogP contribution in [-0.2, 0) is 28.7 Å². The number of carbonyl (C=O) groups excluding carboxylic acids is 5. The molecule has 0 spiro atoms. The predicted molar refractivity (Wildman–Crippen MR) is 128 cm³/mol. The van der Waals surface area contributed by atoms with Crippen LogP contribution in [0.2, 0.25) is 0 Å². The summed E-state index contributed by atoms with van der Waals surface area (Å²) in [5.41, 5.74) is 0.930. The summed E-state index contributed by atoms with van der Waals surface area (Å²) in [5.74, 6) is -2.14. The Labute approximate surface area is 209 Å². The van der Waals surface area contributed by atoms with E-state index < -0.39 is 23.9 Å². The summed E-state index contributed by atoms with van der Waals surface area (Å²) in [6.07, 6.45) is 8.10. The third kappa shape index (κ3) is 8.81. The van der Waals surface area contributed by atoms with E-state index in [0.717, 1.165) is 32.1 Å². The monoisotopic (exact) mass is 501 g/mol. The molecule has 1 aromatic carbocycles. The van der Waals surface area contributed by atoms with Crippen molar-refractivity contribution in [3.8, 4) is 0 Å². The zero-order chi connectivity index (χ0) is 25.8. The van der Waals surface area contributed by atoms with Gasteiger partial charge in [-0.25, -0.2) is 9.59 Å². The Balaban J connectivity index is 1.28. The quantitative estimate of drug-likeness (QED) is 0.283. The number of amides is 4. The van der Waals surface area contributed by atoms with Crippen LogP contribution in [0, 0.1) is 0 Å². The van der Waals surface area contributed by atoms with Gasteiger partial charge in [0.1, 0.15) is 6.10 Å². The number of hydrogen-bond donors (Lipinski definition) is 2. The molecule has 0 bridgehead atoms. The number of nitrogens with zero attached hydrogens (tertiary/aromatic N) is 1. The lowest BCUT2D eigenvalue weighted by molar-refractivity contribution is -0.198. The van der Waals surface area contributed by atoms with Gasteiger partial charge in [0, 0.05) is 30.6 Å². The molecule has 1 saturated heterocycles. The van der Waals surface area contributed by atoms with Gasteiger partial charge in [-0.1, -0.05) is 12.2 Å². The van der Waals surface area contributed by atoms with Crippen molar-refractivity contribution in [1.82, 2.24) is 10.4 Å². The van der Waals surface area contributed by atoms with E-state index >= 15 is 0 Å². The first-order chi connectivity index (χ1) is 17.4. The molecular weight excluding hydrogens is 470 g/mol. The molecule has 0 aromatic heterocycles. The molecule has 11 nitrogen and oxygen atoms in total. The topological polar surface area (TPSA) is 140 Å². The Bertz CT molecular complexity index is 960. The molecule has 1 fully saturated rings.